The van der Waals surface area contributed by atoms with Crippen LogP contribution >= 0.6 is 0 Å². The first-order chi connectivity index (χ1) is 5.74. The molecular formula is C9H17N3. The number of hydrogen-bond donors (Lipinski definition) is 1. The minimum Gasteiger partial charge on any atom is -0.335 e. The molecule has 12 heavy (non-hydrogen) atoms. The lowest BCUT2D eigenvalue weighted by molar-refractivity contribution is 0.626. The standard InChI is InChI=1S/C9H17N3/c1-3-12-7-11-6-9(12)5-4-8(2)10/h6-8H,3-5,10H2,1-2H3/t8-/m1/s1. The third kappa shape index (κ3) is 2.34. The van der Waals surface area contributed by atoms with Gasteiger partial charge in [-0.25, -0.2) is 4.98 Å². The van der Waals surface area contributed by atoms with Gasteiger partial charge in [-0.3, -0.25) is 0 Å². The van der Waals surface area contributed by atoms with E-state index in [1.54, 1.807) is 0 Å². The third-order valence-corrected chi connectivity index (χ3v) is 2.00. The molecule has 0 radical (unpaired) electrons. The molecule has 0 fully saturated rings. The highest BCUT2D eigenvalue weighted by Gasteiger charge is 2.01. The Kier molecular flexibility index (Phi) is 3.29. The smallest absolute Gasteiger partial charge is 0.0948 e. The van der Waals surface area contributed by atoms with Crippen LogP contribution in [0.25, 0.3) is 0 Å². The van der Waals surface area contributed by atoms with Gasteiger partial charge in [-0.15, -0.1) is 0 Å². The van der Waals surface area contributed by atoms with Crippen LogP contribution in [0.15, 0.2) is 12.5 Å². The Morgan fingerprint density at radius 3 is 3.00 bits per heavy atom. The number of aromatic nitrogens is 2. The van der Waals surface area contributed by atoms with Crippen LogP contribution in [0.4, 0.5) is 0 Å². The fraction of sp³-hybridized carbons (Fsp3) is 0.667. The second kappa shape index (κ2) is 4.26. The molecule has 0 aliphatic heterocycles. The lowest BCUT2D eigenvalue weighted by Gasteiger charge is -2.06. The Morgan fingerprint density at radius 2 is 2.42 bits per heavy atom. The Balaban J connectivity index is 2.50. The van der Waals surface area contributed by atoms with Crippen molar-refractivity contribution in [2.24, 2.45) is 5.73 Å². The van der Waals surface area contributed by atoms with Crippen LogP contribution in [-0.2, 0) is 13.0 Å². The van der Waals surface area contributed by atoms with Crippen molar-refractivity contribution in [2.45, 2.75) is 39.3 Å². The molecule has 0 bridgehead atoms. The van der Waals surface area contributed by atoms with Crippen LogP contribution in [0, 0.1) is 0 Å². The van der Waals surface area contributed by atoms with Gasteiger partial charge in [0.25, 0.3) is 0 Å². The fourth-order valence-electron chi connectivity index (χ4n) is 1.22. The van der Waals surface area contributed by atoms with Crippen molar-refractivity contribution in [2.75, 3.05) is 0 Å². The van der Waals surface area contributed by atoms with E-state index in [2.05, 4.69) is 16.5 Å². The Bertz CT molecular complexity index is 227. The molecule has 1 rings (SSSR count). The number of rotatable bonds is 4. The van der Waals surface area contributed by atoms with Crippen LogP contribution in [0.3, 0.4) is 0 Å². The fourth-order valence-corrected chi connectivity index (χ4v) is 1.22. The highest BCUT2D eigenvalue weighted by molar-refractivity contribution is 4.98. The minimum atomic E-state index is 0.283. The van der Waals surface area contributed by atoms with Gasteiger partial charge in [-0.05, 0) is 26.7 Å². The predicted molar refractivity (Wildman–Crippen MR) is 49.9 cm³/mol. The molecule has 1 atom stereocenters. The van der Waals surface area contributed by atoms with Crippen molar-refractivity contribution in [3.63, 3.8) is 0 Å². The molecule has 0 saturated heterocycles. The maximum atomic E-state index is 5.67. The molecule has 3 heteroatoms. The second-order valence-corrected chi connectivity index (χ2v) is 3.19. The van der Waals surface area contributed by atoms with E-state index in [4.69, 9.17) is 5.73 Å². The molecule has 0 aliphatic rings. The summed E-state index contributed by atoms with van der Waals surface area (Å²) in [6.07, 6.45) is 5.86. The van der Waals surface area contributed by atoms with E-state index in [0.29, 0.717) is 0 Å². The van der Waals surface area contributed by atoms with E-state index in [1.165, 1.54) is 5.69 Å². The molecular weight excluding hydrogens is 150 g/mol. The summed E-state index contributed by atoms with van der Waals surface area (Å²) in [5.74, 6) is 0. The van der Waals surface area contributed by atoms with E-state index in [0.717, 1.165) is 19.4 Å². The van der Waals surface area contributed by atoms with Gasteiger partial charge in [0.2, 0.25) is 0 Å². The maximum Gasteiger partial charge on any atom is 0.0948 e. The summed E-state index contributed by atoms with van der Waals surface area (Å²) in [4.78, 5) is 4.09. The first-order valence-electron chi connectivity index (χ1n) is 4.48. The van der Waals surface area contributed by atoms with Gasteiger partial charge in [0.1, 0.15) is 0 Å². The van der Waals surface area contributed by atoms with Crippen molar-refractivity contribution in [1.82, 2.24) is 9.55 Å². The molecule has 1 aromatic heterocycles. The van der Waals surface area contributed by atoms with Gasteiger partial charge in [0, 0.05) is 24.5 Å². The van der Waals surface area contributed by atoms with Crippen LogP contribution in [0.5, 0.6) is 0 Å². The molecule has 1 aromatic rings. The first kappa shape index (κ1) is 9.26. The average molecular weight is 167 g/mol. The zero-order chi connectivity index (χ0) is 8.97. The zero-order valence-corrected chi connectivity index (χ0v) is 7.83. The van der Waals surface area contributed by atoms with E-state index < -0.39 is 0 Å². The van der Waals surface area contributed by atoms with Crippen molar-refractivity contribution < 1.29 is 0 Å². The molecule has 0 amide bonds. The first-order valence-corrected chi connectivity index (χ1v) is 4.48. The Hall–Kier alpha value is -0.830. The molecule has 0 saturated carbocycles. The summed E-state index contributed by atoms with van der Waals surface area (Å²) in [6.45, 7) is 5.15. The number of hydrogen-bond acceptors (Lipinski definition) is 2. The summed E-state index contributed by atoms with van der Waals surface area (Å²) < 4.78 is 2.16. The zero-order valence-electron chi connectivity index (χ0n) is 7.83. The number of imidazole rings is 1. The number of nitrogens with two attached hydrogens (primary N) is 1. The van der Waals surface area contributed by atoms with E-state index >= 15 is 0 Å². The summed E-state index contributed by atoms with van der Waals surface area (Å²) in [6, 6.07) is 0.283. The summed E-state index contributed by atoms with van der Waals surface area (Å²) in [7, 11) is 0. The molecule has 68 valence electrons. The normalized spacial score (nSPS) is 13.2. The number of nitrogens with zero attached hydrogens (tertiary/aromatic N) is 2. The monoisotopic (exact) mass is 167 g/mol. The largest absolute Gasteiger partial charge is 0.335 e. The molecule has 0 aliphatic carbocycles. The SMILES string of the molecule is CCn1cncc1CC[C@@H](C)N. The van der Waals surface area contributed by atoms with Crippen LogP contribution in [0.2, 0.25) is 0 Å². The third-order valence-electron chi connectivity index (χ3n) is 2.00. The van der Waals surface area contributed by atoms with Gasteiger partial charge in [0.05, 0.1) is 6.33 Å². The Labute approximate surface area is 73.6 Å². The van der Waals surface area contributed by atoms with Crippen molar-refractivity contribution >= 4 is 0 Å². The highest BCUT2D eigenvalue weighted by Crippen LogP contribution is 2.03. The van der Waals surface area contributed by atoms with E-state index in [9.17, 15) is 0 Å². The lowest BCUT2D eigenvalue weighted by atomic mass is 10.1. The quantitative estimate of drug-likeness (QED) is 0.732. The summed E-state index contributed by atoms with van der Waals surface area (Å²) in [5, 5.41) is 0. The Morgan fingerprint density at radius 1 is 1.67 bits per heavy atom. The maximum absolute atomic E-state index is 5.67. The molecule has 0 spiro atoms. The predicted octanol–water partition coefficient (Wildman–Crippen LogP) is 1.18. The molecule has 2 N–H and O–H groups in total. The van der Waals surface area contributed by atoms with Crippen LogP contribution in [0.1, 0.15) is 26.0 Å². The summed E-state index contributed by atoms with van der Waals surface area (Å²) in [5.41, 5.74) is 6.96. The minimum absolute atomic E-state index is 0.283. The summed E-state index contributed by atoms with van der Waals surface area (Å²) >= 11 is 0. The van der Waals surface area contributed by atoms with Crippen molar-refractivity contribution in [3.8, 4) is 0 Å². The van der Waals surface area contributed by atoms with Gasteiger partial charge in [-0.2, -0.15) is 0 Å². The average Bonchev–Trinajstić information content (AvgIpc) is 2.47. The topological polar surface area (TPSA) is 43.8 Å². The van der Waals surface area contributed by atoms with Gasteiger partial charge < -0.3 is 10.3 Å². The highest BCUT2D eigenvalue weighted by atomic mass is 15.0. The molecule has 0 aromatic carbocycles. The van der Waals surface area contributed by atoms with Gasteiger partial charge in [-0.1, -0.05) is 0 Å². The van der Waals surface area contributed by atoms with Gasteiger partial charge >= 0.3 is 0 Å². The van der Waals surface area contributed by atoms with E-state index in [-0.39, 0.29) is 6.04 Å². The molecule has 0 unspecified atom stereocenters. The van der Waals surface area contributed by atoms with E-state index in [1.807, 2.05) is 19.4 Å². The molecule has 3 nitrogen and oxygen atoms in total. The van der Waals surface area contributed by atoms with Crippen LogP contribution in [-0.4, -0.2) is 15.6 Å². The van der Waals surface area contributed by atoms with Crippen molar-refractivity contribution in [1.29, 1.82) is 0 Å². The van der Waals surface area contributed by atoms with Crippen molar-refractivity contribution in [3.05, 3.63) is 18.2 Å². The van der Waals surface area contributed by atoms with Gasteiger partial charge in [0.15, 0.2) is 0 Å². The van der Waals surface area contributed by atoms with Crippen LogP contribution < -0.4 is 5.73 Å². The second-order valence-electron chi connectivity index (χ2n) is 3.19. The number of aryl methyl sites for hydroxylation is 2. The lowest BCUT2D eigenvalue weighted by Crippen LogP contribution is -2.16. The molecule has 1 heterocycles.